The van der Waals surface area contributed by atoms with Crippen LogP contribution >= 0.6 is 0 Å². The third kappa shape index (κ3) is 1.89. The normalized spacial score (nSPS) is 23.7. The number of fused-ring (bicyclic) bond motifs is 4. The summed E-state index contributed by atoms with van der Waals surface area (Å²) in [5.74, 6) is 0. The van der Waals surface area contributed by atoms with Crippen molar-refractivity contribution in [2.45, 2.75) is 15.9 Å². The minimum atomic E-state index is -3.96. The minimum absolute atomic E-state index is 0.165. The molecule has 2 aromatic heterocycles. The number of nitrogens with one attached hydrogen (secondary N) is 1. The number of aromatic amines is 1. The summed E-state index contributed by atoms with van der Waals surface area (Å²) < 4.78 is 32.6. The number of aromatic nitrogens is 3. The zero-order chi connectivity index (χ0) is 18.8. The molecule has 5 rings (SSSR count). The Balaban J connectivity index is 1.92. The van der Waals surface area contributed by atoms with E-state index < -0.39 is 20.8 Å². The molecule has 2 atom stereocenters. The Morgan fingerprint density at radius 1 is 1.11 bits per heavy atom. The zero-order valence-electron chi connectivity index (χ0n) is 14.4. The van der Waals surface area contributed by atoms with E-state index >= 15 is 0 Å². The van der Waals surface area contributed by atoms with Gasteiger partial charge in [0.2, 0.25) is 9.84 Å². The van der Waals surface area contributed by atoms with Gasteiger partial charge in [-0.05, 0) is 12.1 Å². The lowest BCUT2D eigenvalue weighted by molar-refractivity contribution is 0.0671. The number of ether oxygens (including phenoxy) is 1. The Morgan fingerprint density at radius 3 is 2.67 bits per heavy atom. The number of nitrogens with zero attached hydrogens (tertiary/aromatic N) is 2. The van der Waals surface area contributed by atoms with Crippen LogP contribution in [0.3, 0.4) is 0 Å². The maximum Gasteiger partial charge on any atom is 0.206 e. The molecular weight excluding hydrogens is 364 g/mol. The molecule has 0 radical (unpaired) electrons. The Hall–Kier alpha value is -2.81. The highest BCUT2D eigenvalue weighted by Crippen LogP contribution is 2.52. The van der Waals surface area contributed by atoms with E-state index in [-0.39, 0.29) is 10.6 Å². The highest BCUT2D eigenvalue weighted by Gasteiger charge is 2.59. The van der Waals surface area contributed by atoms with Crippen molar-refractivity contribution < 1.29 is 13.2 Å². The summed E-state index contributed by atoms with van der Waals surface area (Å²) in [6.45, 7) is 0. The van der Waals surface area contributed by atoms with Crippen LogP contribution in [0, 0.1) is 0 Å². The van der Waals surface area contributed by atoms with Crippen molar-refractivity contribution >= 4 is 31.6 Å². The van der Waals surface area contributed by atoms with E-state index in [2.05, 4.69) is 15.2 Å². The minimum Gasteiger partial charge on any atom is -0.373 e. The van der Waals surface area contributed by atoms with Crippen molar-refractivity contribution in [1.29, 1.82) is 0 Å². The average Bonchev–Trinajstić information content (AvgIpc) is 3.23. The Labute approximate surface area is 155 Å². The van der Waals surface area contributed by atoms with E-state index in [1.807, 2.05) is 24.3 Å². The van der Waals surface area contributed by atoms with Gasteiger partial charge in [-0.15, -0.1) is 0 Å². The van der Waals surface area contributed by atoms with Crippen LogP contribution < -0.4 is 5.73 Å². The number of methoxy groups -OCH3 is 1. The van der Waals surface area contributed by atoms with Crippen LogP contribution in [0.1, 0.15) is 17.4 Å². The molecule has 0 bridgehead atoms. The maximum atomic E-state index is 13.5. The van der Waals surface area contributed by atoms with Gasteiger partial charge in [0.1, 0.15) is 17.3 Å². The summed E-state index contributed by atoms with van der Waals surface area (Å²) in [5.41, 5.74) is 8.43. The first-order valence-electron chi connectivity index (χ1n) is 8.38. The molecule has 136 valence electrons. The predicted molar refractivity (Wildman–Crippen MR) is 101 cm³/mol. The lowest BCUT2D eigenvalue weighted by Gasteiger charge is -2.29. The number of hydrogen-bond acceptors (Lipinski definition) is 6. The Morgan fingerprint density at radius 2 is 1.85 bits per heavy atom. The molecule has 0 spiro atoms. The zero-order valence-corrected chi connectivity index (χ0v) is 15.2. The van der Waals surface area contributed by atoms with Gasteiger partial charge in [0, 0.05) is 29.6 Å². The monoisotopic (exact) mass is 380 g/mol. The van der Waals surface area contributed by atoms with Crippen LogP contribution in [0.25, 0.3) is 21.8 Å². The van der Waals surface area contributed by atoms with Gasteiger partial charge in [-0.25, -0.2) is 13.4 Å². The second kappa shape index (κ2) is 5.35. The standard InChI is InChI=1S/C19H16N4O3S/c1-26-18-12-7-3-5-9-15(12)27(24,25)19(18,20)17-16-13(10-21-23-16)11-6-2-4-8-14(11)22-17/h2-10,18H,20H2,1H3,(H,21,23). The topological polar surface area (TPSA) is 111 Å². The molecule has 0 saturated heterocycles. The van der Waals surface area contributed by atoms with Crippen molar-refractivity contribution in [3.63, 3.8) is 0 Å². The van der Waals surface area contributed by atoms with Crippen LogP contribution in [-0.2, 0) is 19.4 Å². The largest absolute Gasteiger partial charge is 0.373 e. The Kier molecular flexibility index (Phi) is 3.24. The van der Waals surface area contributed by atoms with Crippen molar-refractivity contribution in [3.05, 3.63) is 66.0 Å². The van der Waals surface area contributed by atoms with Gasteiger partial charge < -0.3 is 10.5 Å². The van der Waals surface area contributed by atoms with Crippen molar-refractivity contribution in [2.24, 2.45) is 5.73 Å². The fraction of sp³-hybridized carbons (Fsp3) is 0.158. The van der Waals surface area contributed by atoms with Gasteiger partial charge in [-0.3, -0.25) is 5.10 Å². The van der Waals surface area contributed by atoms with Gasteiger partial charge in [-0.2, -0.15) is 5.10 Å². The summed E-state index contributed by atoms with van der Waals surface area (Å²) >= 11 is 0. The van der Waals surface area contributed by atoms with Gasteiger partial charge >= 0.3 is 0 Å². The first-order valence-corrected chi connectivity index (χ1v) is 9.86. The van der Waals surface area contributed by atoms with Crippen LogP contribution in [0.4, 0.5) is 0 Å². The number of hydrogen-bond donors (Lipinski definition) is 2. The molecule has 3 N–H and O–H groups in total. The molecular formula is C19H16N4O3S. The summed E-state index contributed by atoms with van der Waals surface area (Å²) in [4.78, 5) is 2.92. The second-order valence-corrected chi connectivity index (χ2v) is 8.70. The predicted octanol–water partition coefficient (Wildman–Crippen LogP) is 2.40. The van der Waals surface area contributed by atoms with Gasteiger partial charge in [-0.1, -0.05) is 36.4 Å². The molecule has 7 nitrogen and oxygen atoms in total. The quantitative estimate of drug-likeness (QED) is 0.552. The molecule has 0 amide bonds. The fourth-order valence-corrected chi connectivity index (χ4v) is 5.98. The second-order valence-electron chi connectivity index (χ2n) is 6.58. The lowest BCUT2D eigenvalue weighted by Crippen LogP contribution is -2.47. The van der Waals surface area contributed by atoms with Crippen LogP contribution in [0.2, 0.25) is 0 Å². The van der Waals surface area contributed by atoms with E-state index in [9.17, 15) is 8.42 Å². The highest BCUT2D eigenvalue weighted by atomic mass is 32.2. The molecule has 8 heteroatoms. The molecule has 0 aliphatic carbocycles. The summed E-state index contributed by atoms with van der Waals surface area (Å²) in [6.07, 6.45) is 0.829. The van der Waals surface area contributed by atoms with E-state index in [1.54, 1.807) is 30.5 Å². The third-order valence-electron chi connectivity index (χ3n) is 5.22. The van der Waals surface area contributed by atoms with E-state index in [1.165, 1.54) is 7.11 Å². The number of pyridine rings is 1. The van der Waals surface area contributed by atoms with Crippen molar-refractivity contribution in [2.75, 3.05) is 7.11 Å². The van der Waals surface area contributed by atoms with Gasteiger partial charge in [0.05, 0.1) is 10.4 Å². The van der Waals surface area contributed by atoms with Crippen molar-refractivity contribution in [1.82, 2.24) is 15.2 Å². The molecule has 27 heavy (non-hydrogen) atoms. The number of rotatable bonds is 2. The fourth-order valence-electron chi connectivity index (χ4n) is 3.97. The number of benzene rings is 2. The van der Waals surface area contributed by atoms with E-state index in [4.69, 9.17) is 10.5 Å². The number of H-pyrrole nitrogens is 1. The van der Waals surface area contributed by atoms with Gasteiger partial charge in [0.15, 0.2) is 4.87 Å². The number of nitrogens with two attached hydrogens (primary N) is 1. The molecule has 0 fully saturated rings. The molecule has 1 aliphatic heterocycles. The van der Waals surface area contributed by atoms with Crippen LogP contribution in [0.5, 0.6) is 0 Å². The lowest BCUT2D eigenvalue weighted by atomic mass is 9.97. The van der Waals surface area contributed by atoms with E-state index in [0.29, 0.717) is 16.6 Å². The number of sulfone groups is 1. The SMILES string of the molecule is COC1c2ccccc2S(=O)(=O)C1(N)c1nc2ccccc2c2c[nH]nc12. The van der Waals surface area contributed by atoms with Gasteiger partial charge in [0.25, 0.3) is 0 Å². The van der Waals surface area contributed by atoms with E-state index in [0.717, 1.165) is 10.8 Å². The summed E-state index contributed by atoms with van der Waals surface area (Å²) in [7, 11) is -2.51. The third-order valence-corrected chi connectivity index (χ3v) is 7.47. The molecule has 3 heterocycles. The molecule has 4 aromatic rings. The smallest absolute Gasteiger partial charge is 0.206 e. The first-order chi connectivity index (χ1) is 13.0. The van der Waals surface area contributed by atoms with Crippen LogP contribution in [0.15, 0.2) is 59.6 Å². The average molecular weight is 380 g/mol. The summed E-state index contributed by atoms with van der Waals surface area (Å²) in [5, 5.41) is 8.72. The maximum absolute atomic E-state index is 13.5. The van der Waals surface area contributed by atoms with Crippen LogP contribution in [-0.4, -0.2) is 30.7 Å². The molecule has 1 aliphatic rings. The summed E-state index contributed by atoms with van der Waals surface area (Å²) in [6, 6.07) is 14.2. The Bertz CT molecular complexity index is 1320. The van der Waals surface area contributed by atoms with Crippen molar-refractivity contribution in [3.8, 4) is 0 Å². The molecule has 2 unspecified atom stereocenters. The first kappa shape index (κ1) is 16.4. The molecule has 0 saturated carbocycles. The number of para-hydroxylation sites is 1. The highest BCUT2D eigenvalue weighted by molar-refractivity contribution is 7.92. The molecule has 2 aromatic carbocycles.